The Morgan fingerprint density at radius 3 is 2.20 bits per heavy atom. The highest BCUT2D eigenvalue weighted by Crippen LogP contribution is 2.21. The van der Waals surface area contributed by atoms with Crippen molar-refractivity contribution in [2.24, 2.45) is 5.92 Å². The van der Waals surface area contributed by atoms with Crippen molar-refractivity contribution in [1.29, 1.82) is 0 Å². The molecule has 3 rings (SSSR count). The summed E-state index contributed by atoms with van der Waals surface area (Å²) in [6, 6.07) is 15.0. The molecule has 0 saturated heterocycles. The van der Waals surface area contributed by atoms with Gasteiger partial charge in [-0.1, -0.05) is 45.7 Å². The van der Waals surface area contributed by atoms with Gasteiger partial charge in [0, 0.05) is 18.0 Å². The van der Waals surface area contributed by atoms with E-state index >= 15 is 0 Å². The third-order valence-corrected chi connectivity index (χ3v) is 5.32. The van der Waals surface area contributed by atoms with Gasteiger partial charge < -0.3 is 4.74 Å². The highest BCUT2D eigenvalue weighted by atomic mass is 16.5. The summed E-state index contributed by atoms with van der Waals surface area (Å²) in [6.07, 6.45) is 9.24. The van der Waals surface area contributed by atoms with Gasteiger partial charge in [-0.15, -0.1) is 0 Å². The lowest BCUT2D eigenvalue weighted by Gasteiger charge is -2.09. The second-order valence-electron chi connectivity index (χ2n) is 7.85. The summed E-state index contributed by atoms with van der Waals surface area (Å²) >= 11 is 0. The Morgan fingerprint density at radius 1 is 0.933 bits per heavy atom. The van der Waals surface area contributed by atoms with Crippen molar-refractivity contribution in [3.8, 4) is 17.1 Å². The molecule has 0 unspecified atom stereocenters. The van der Waals surface area contributed by atoms with E-state index in [1.807, 2.05) is 48.8 Å². The third-order valence-electron chi connectivity index (χ3n) is 5.32. The van der Waals surface area contributed by atoms with E-state index in [0.717, 1.165) is 43.2 Å². The topological polar surface area (TPSA) is 52.1 Å². The Balaban J connectivity index is 1.60. The Morgan fingerprint density at radius 2 is 1.60 bits per heavy atom. The molecule has 1 heterocycles. The van der Waals surface area contributed by atoms with Crippen molar-refractivity contribution in [1.82, 2.24) is 9.97 Å². The van der Waals surface area contributed by atoms with E-state index < -0.39 is 0 Å². The zero-order chi connectivity index (χ0) is 21.3. The molecule has 4 nitrogen and oxygen atoms in total. The highest BCUT2D eigenvalue weighted by Gasteiger charge is 2.10. The Labute approximate surface area is 179 Å². The second-order valence-corrected chi connectivity index (χ2v) is 7.85. The van der Waals surface area contributed by atoms with Crippen LogP contribution in [0.1, 0.15) is 61.5 Å². The first-order chi connectivity index (χ1) is 14.6. The molecule has 0 saturated carbocycles. The molecule has 3 aromatic rings. The fourth-order valence-electron chi connectivity index (χ4n) is 3.18. The molecular formula is C26H30N2O2. The maximum atomic E-state index is 12.4. The van der Waals surface area contributed by atoms with Crippen LogP contribution >= 0.6 is 0 Å². The van der Waals surface area contributed by atoms with Crippen LogP contribution in [0.2, 0.25) is 0 Å². The van der Waals surface area contributed by atoms with Gasteiger partial charge in [-0.05, 0) is 72.7 Å². The fraction of sp³-hybridized carbons (Fsp3) is 0.346. The van der Waals surface area contributed by atoms with E-state index in [9.17, 15) is 4.79 Å². The maximum Gasteiger partial charge on any atom is 0.343 e. The number of aromatic nitrogens is 2. The third kappa shape index (κ3) is 5.99. The molecule has 0 bridgehead atoms. The van der Waals surface area contributed by atoms with E-state index in [1.54, 1.807) is 12.1 Å². The summed E-state index contributed by atoms with van der Waals surface area (Å²) in [6.45, 7) is 6.60. The maximum absolute atomic E-state index is 12.4. The largest absolute Gasteiger partial charge is 0.423 e. The van der Waals surface area contributed by atoms with E-state index in [2.05, 4.69) is 30.7 Å². The summed E-state index contributed by atoms with van der Waals surface area (Å²) in [5.74, 6) is 1.46. The van der Waals surface area contributed by atoms with Gasteiger partial charge in [0.2, 0.25) is 0 Å². The van der Waals surface area contributed by atoms with Crippen LogP contribution in [0, 0.1) is 5.92 Å². The molecule has 156 valence electrons. The lowest BCUT2D eigenvalue weighted by atomic mass is 9.98. The number of hydrogen-bond acceptors (Lipinski definition) is 4. The number of hydrogen-bond donors (Lipinski definition) is 0. The summed E-state index contributed by atoms with van der Waals surface area (Å²) in [5, 5.41) is 0. The first-order valence-electron chi connectivity index (χ1n) is 10.8. The SMILES string of the molecule is CCCCc1cnc(-c2ccc(OC(=O)c3ccc(C[C@@H](C)CC)cc3)cc2)nc1. The molecule has 0 aliphatic rings. The zero-order valence-electron chi connectivity index (χ0n) is 18.1. The van der Waals surface area contributed by atoms with Crippen LogP contribution in [0.25, 0.3) is 11.4 Å². The van der Waals surface area contributed by atoms with E-state index in [0.29, 0.717) is 23.1 Å². The van der Waals surface area contributed by atoms with Crippen LogP contribution in [0.3, 0.4) is 0 Å². The van der Waals surface area contributed by atoms with Crippen molar-refractivity contribution < 1.29 is 9.53 Å². The average molecular weight is 403 g/mol. The fourth-order valence-corrected chi connectivity index (χ4v) is 3.18. The molecule has 30 heavy (non-hydrogen) atoms. The van der Waals surface area contributed by atoms with Gasteiger partial charge in [0.25, 0.3) is 0 Å². The normalized spacial score (nSPS) is 11.8. The molecule has 0 amide bonds. The molecule has 0 N–H and O–H groups in total. The smallest absolute Gasteiger partial charge is 0.343 e. The number of carbonyl (C=O) groups excluding carboxylic acids is 1. The highest BCUT2D eigenvalue weighted by molar-refractivity contribution is 5.91. The zero-order valence-corrected chi connectivity index (χ0v) is 18.1. The molecular weight excluding hydrogens is 372 g/mol. The number of unbranched alkanes of at least 4 members (excludes halogenated alkanes) is 1. The Hall–Kier alpha value is -3.01. The minimum absolute atomic E-state index is 0.352. The quantitative estimate of drug-likeness (QED) is 0.311. The predicted molar refractivity (Wildman–Crippen MR) is 121 cm³/mol. The molecule has 1 aromatic heterocycles. The minimum atomic E-state index is -0.352. The summed E-state index contributed by atoms with van der Waals surface area (Å²) in [5.41, 5.74) is 3.84. The van der Waals surface area contributed by atoms with Crippen LogP contribution in [0.4, 0.5) is 0 Å². The first kappa shape index (κ1) is 21.7. The molecule has 0 radical (unpaired) electrons. The molecule has 0 aliphatic carbocycles. The second kappa shape index (κ2) is 10.7. The number of esters is 1. The van der Waals surface area contributed by atoms with Crippen LogP contribution < -0.4 is 4.74 Å². The number of nitrogens with zero attached hydrogens (tertiary/aromatic N) is 2. The summed E-state index contributed by atoms with van der Waals surface area (Å²) in [4.78, 5) is 21.3. The van der Waals surface area contributed by atoms with Crippen molar-refractivity contribution in [3.63, 3.8) is 0 Å². The number of benzene rings is 2. The van der Waals surface area contributed by atoms with Crippen molar-refractivity contribution >= 4 is 5.97 Å². The Bertz CT molecular complexity index is 932. The van der Waals surface area contributed by atoms with E-state index in [4.69, 9.17) is 4.74 Å². The monoisotopic (exact) mass is 402 g/mol. The first-order valence-corrected chi connectivity index (χ1v) is 10.8. The van der Waals surface area contributed by atoms with Gasteiger partial charge in [-0.25, -0.2) is 14.8 Å². The van der Waals surface area contributed by atoms with Crippen molar-refractivity contribution in [3.05, 3.63) is 77.6 Å². The molecule has 4 heteroatoms. The average Bonchev–Trinajstić information content (AvgIpc) is 2.79. The van der Waals surface area contributed by atoms with Crippen LogP contribution in [-0.2, 0) is 12.8 Å². The number of carbonyl (C=O) groups is 1. The lowest BCUT2D eigenvalue weighted by molar-refractivity contribution is 0.0735. The molecule has 0 spiro atoms. The standard InChI is InChI=1S/C26H30N2O2/c1-4-6-7-21-17-27-25(28-18-21)22-12-14-24(15-13-22)30-26(29)23-10-8-20(9-11-23)16-19(3)5-2/h8-15,17-19H,4-7,16H2,1-3H3/t19-/m0/s1. The Kier molecular flexibility index (Phi) is 7.72. The van der Waals surface area contributed by atoms with E-state index in [-0.39, 0.29) is 5.97 Å². The molecule has 1 atom stereocenters. The van der Waals surface area contributed by atoms with Gasteiger partial charge in [-0.2, -0.15) is 0 Å². The van der Waals surface area contributed by atoms with Gasteiger partial charge in [0.1, 0.15) is 5.75 Å². The van der Waals surface area contributed by atoms with Crippen LogP contribution in [0.5, 0.6) is 5.75 Å². The van der Waals surface area contributed by atoms with Crippen LogP contribution in [0.15, 0.2) is 60.9 Å². The number of aryl methyl sites for hydroxylation is 1. The molecule has 0 aliphatic heterocycles. The van der Waals surface area contributed by atoms with Gasteiger partial charge >= 0.3 is 5.97 Å². The van der Waals surface area contributed by atoms with Crippen LogP contribution in [-0.4, -0.2) is 15.9 Å². The summed E-state index contributed by atoms with van der Waals surface area (Å²) < 4.78 is 5.52. The van der Waals surface area contributed by atoms with Gasteiger partial charge in [0.05, 0.1) is 5.56 Å². The minimum Gasteiger partial charge on any atom is -0.423 e. The van der Waals surface area contributed by atoms with Crippen molar-refractivity contribution in [2.75, 3.05) is 0 Å². The number of ether oxygens (including phenoxy) is 1. The van der Waals surface area contributed by atoms with Gasteiger partial charge in [-0.3, -0.25) is 0 Å². The van der Waals surface area contributed by atoms with Gasteiger partial charge in [0.15, 0.2) is 5.82 Å². The molecule has 2 aromatic carbocycles. The lowest BCUT2D eigenvalue weighted by Crippen LogP contribution is -2.08. The summed E-state index contributed by atoms with van der Waals surface area (Å²) in [7, 11) is 0. The van der Waals surface area contributed by atoms with Crippen molar-refractivity contribution in [2.45, 2.75) is 52.9 Å². The molecule has 0 fully saturated rings. The number of rotatable bonds is 9. The van der Waals surface area contributed by atoms with E-state index in [1.165, 1.54) is 5.56 Å². The predicted octanol–water partition coefficient (Wildman–Crippen LogP) is 6.29.